The topological polar surface area (TPSA) is 76.0 Å². The van der Waals surface area contributed by atoms with Gasteiger partial charge in [-0.05, 0) is 18.1 Å². The van der Waals surface area contributed by atoms with E-state index in [1.54, 1.807) is 0 Å². The molecule has 0 saturated carbocycles. The molecule has 22 heavy (non-hydrogen) atoms. The first-order valence-electron chi connectivity index (χ1n) is 7.35. The van der Waals surface area contributed by atoms with E-state index in [1.165, 1.54) is 6.92 Å². The maximum absolute atomic E-state index is 12.3. The molecule has 1 aromatic carbocycles. The number of aromatic nitrogens is 2. The lowest BCUT2D eigenvalue weighted by atomic mass is 10.0. The number of benzene rings is 1. The van der Waals surface area contributed by atoms with Crippen LogP contribution in [0.25, 0.3) is 11.0 Å². The minimum Gasteiger partial charge on any atom is -0.347 e. The Kier molecular flexibility index (Phi) is 4.80. The number of carbonyl (C=O) groups is 2. The Morgan fingerprint density at radius 2 is 1.95 bits per heavy atom. The van der Waals surface area contributed by atoms with Crippen molar-refractivity contribution < 1.29 is 9.59 Å². The van der Waals surface area contributed by atoms with Gasteiger partial charge in [-0.3, -0.25) is 9.59 Å². The predicted octanol–water partition coefficient (Wildman–Crippen LogP) is 1.35. The van der Waals surface area contributed by atoms with Gasteiger partial charge in [0, 0.05) is 14.0 Å². The van der Waals surface area contributed by atoms with Crippen molar-refractivity contribution in [2.75, 3.05) is 0 Å². The van der Waals surface area contributed by atoms with Crippen LogP contribution in [0.4, 0.5) is 0 Å². The zero-order chi connectivity index (χ0) is 16.3. The highest BCUT2D eigenvalue weighted by molar-refractivity contribution is 5.87. The van der Waals surface area contributed by atoms with Crippen LogP contribution in [0.1, 0.15) is 26.6 Å². The second-order valence-electron chi connectivity index (χ2n) is 5.72. The molecule has 1 atom stereocenters. The van der Waals surface area contributed by atoms with E-state index in [0.717, 1.165) is 16.9 Å². The summed E-state index contributed by atoms with van der Waals surface area (Å²) in [6.07, 6.45) is 0. The van der Waals surface area contributed by atoms with E-state index < -0.39 is 6.04 Å². The van der Waals surface area contributed by atoms with Crippen molar-refractivity contribution in [1.29, 1.82) is 0 Å². The smallest absolute Gasteiger partial charge is 0.243 e. The highest BCUT2D eigenvalue weighted by Crippen LogP contribution is 2.14. The first-order chi connectivity index (χ1) is 10.4. The van der Waals surface area contributed by atoms with E-state index in [4.69, 9.17) is 0 Å². The third-order valence-corrected chi connectivity index (χ3v) is 3.61. The standard InChI is InChI=1S/C16H22N4O2/c1-10(2)15(18-11(3)21)16(22)17-9-14-19-12-7-5-6-8-13(12)20(14)4/h5-8,10,15H,9H2,1-4H3,(H,17,22)(H,18,21)/t15-/m0/s1. The summed E-state index contributed by atoms with van der Waals surface area (Å²) in [6.45, 7) is 5.53. The number of para-hydroxylation sites is 2. The molecular formula is C16H22N4O2. The number of hydrogen-bond acceptors (Lipinski definition) is 3. The van der Waals surface area contributed by atoms with Crippen molar-refractivity contribution in [3.63, 3.8) is 0 Å². The van der Waals surface area contributed by atoms with Gasteiger partial charge in [-0.15, -0.1) is 0 Å². The van der Waals surface area contributed by atoms with Crippen LogP contribution in [0.2, 0.25) is 0 Å². The Morgan fingerprint density at radius 1 is 1.27 bits per heavy atom. The Labute approximate surface area is 129 Å². The van der Waals surface area contributed by atoms with E-state index >= 15 is 0 Å². The van der Waals surface area contributed by atoms with Gasteiger partial charge in [0.15, 0.2) is 0 Å². The molecule has 0 aliphatic rings. The van der Waals surface area contributed by atoms with Gasteiger partial charge in [-0.25, -0.2) is 4.98 Å². The molecule has 2 aromatic rings. The first kappa shape index (κ1) is 16.0. The Balaban J connectivity index is 2.08. The maximum Gasteiger partial charge on any atom is 0.243 e. The SMILES string of the molecule is CC(=O)N[C@H](C(=O)NCc1nc2ccccc2n1C)C(C)C. The van der Waals surface area contributed by atoms with Crippen LogP contribution in [0.15, 0.2) is 24.3 Å². The molecule has 118 valence electrons. The molecule has 0 aliphatic carbocycles. The molecule has 0 radical (unpaired) electrons. The Hall–Kier alpha value is -2.37. The van der Waals surface area contributed by atoms with E-state index in [0.29, 0.717) is 6.54 Å². The fraction of sp³-hybridized carbons (Fsp3) is 0.438. The lowest BCUT2D eigenvalue weighted by molar-refractivity contribution is -0.129. The van der Waals surface area contributed by atoms with E-state index in [1.807, 2.05) is 49.7 Å². The quantitative estimate of drug-likeness (QED) is 0.875. The zero-order valence-corrected chi connectivity index (χ0v) is 13.4. The molecule has 2 amide bonds. The lowest BCUT2D eigenvalue weighted by Crippen LogP contribution is -2.49. The number of hydrogen-bond donors (Lipinski definition) is 2. The molecule has 1 aromatic heterocycles. The van der Waals surface area contributed by atoms with Crippen molar-refractivity contribution in [2.45, 2.75) is 33.4 Å². The summed E-state index contributed by atoms with van der Waals surface area (Å²) >= 11 is 0. The van der Waals surface area contributed by atoms with Crippen molar-refractivity contribution in [2.24, 2.45) is 13.0 Å². The fourth-order valence-electron chi connectivity index (χ4n) is 2.38. The summed E-state index contributed by atoms with van der Waals surface area (Å²) in [4.78, 5) is 28.0. The van der Waals surface area contributed by atoms with Gasteiger partial charge in [-0.1, -0.05) is 26.0 Å². The van der Waals surface area contributed by atoms with Crippen LogP contribution < -0.4 is 10.6 Å². The molecule has 0 fully saturated rings. The second kappa shape index (κ2) is 6.60. The highest BCUT2D eigenvalue weighted by Gasteiger charge is 2.23. The molecule has 0 unspecified atom stereocenters. The van der Waals surface area contributed by atoms with E-state index in [9.17, 15) is 9.59 Å². The number of nitrogens with zero attached hydrogens (tertiary/aromatic N) is 2. The molecule has 0 bridgehead atoms. The summed E-state index contributed by atoms with van der Waals surface area (Å²) in [7, 11) is 1.92. The van der Waals surface area contributed by atoms with Crippen LogP contribution in [0.3, 0.4) is 0 Å². The summed E-state index contributed by atoms with van der Waals surface area (Å²) in [5.41, 5.74) is 1.92. The molecular weight excluding hydrogens is 280 g/mol. The molecule has 0 spiro atoms. The molecule has 0 saturated heterocycles. The molecule has 2 N–H and O–H groups in total. The van der Waals surface area contributed by atoms with Gasteiger partial charge in [0.2, 0.25) is 11.8 Å². The van der Waals surface area contributed by atoms with Crippen LogP contribution in [-0.2, 0) is 23.2 Å². The summed E-state index contributed by atoms with van der Waals surface area (Å²) in [5, 5.41) is 5.53. The van der Waals surface area contributed by atoms with Gasteiger partial charge < -0.3 is 15.2 Å². The third-order valence-electron chi connectivity index (χ3n) is 3.61. The monoisotopic (exact) mass is 302 g/mol. The average Bonchev–Trinajstić information content (AvgIpc) is 2.79. The highest BCUT2D eigenvalue weighted by atomic mass is 16.2. The number of amides is 2. The summed E-state index contributed by atoms with van der Waals surface area (Å²) in [5.74, 6) is 0.387. The minimum absolute atomic E-state index is 0.0179. The lowest BCUT2D eigenvalue weighted by Gasteiger charge is -2.20. The number of rotatable bonds is 5. The Bertz CT molecular complexity index is 691. The Morgan fingerprint density at radius 3 is 2.55 bits per heavy atom. The van der Waals surface area contributed by atoms with Gasteiger partial charge in [0.1, 0.15) is 11.9 Å². The molecule has 6 heteroatoms. The van der Waals surface area contributed by atoms with Crippen LogP contribution in [0, 0.1) is 5.92 Å². The normalized spacial score (nSPS) is 12.4. The van der Waals surface area contributed by atoms with Crippen molar-refractivity contribution in [3.05, 3.63) is 30.1 Å². The van der Waals surface area contributed by atoms with Crippen LogP contribution in [0.5, 0.6) is 0 Å². The van der Waals surface area contributed by atoms with Crippen LogP contribution in [-0.4, -0.2) is 27.4 Å². The third kappa shape index (κ3) is 3.44. The summed E-state index contributed by atoms with van der Waals surface area (Å²) in [6, 6.07) is 7.28. The second-order valence-corrected chi connectivity index (χ2v) is 5.72. The van der Waals surface area contributed by atoms with Crippen molar-refractivity contribution >= 4 is 22.8 Å². The van der Waals surface area contributed by atoms with Gasteiger partial charge >= 0.3 is 0 Å². The maximum atomic E-state index is 12.3. The number of imidazole rings is 1. The predicted molar refractivity (Wildman–Crippen MR) is 85.0 cm³/mol. The average molecular weight is 302 g/mol. The molecule has 2 rings (SSSR count). The number of nitrogens with one attached hydrogen (secondary N) is 2. The van der Waals surface area contributed by atoms with Gasteiger partial charge in [-0.2, -0.15) is 0 Å². The number of carbonyl (C=O) groups excluding carboxylic acids is 2. The first-order valence-corrected chi connectivity index (χ1v) is 7.35. The summed E-state index contributed by atoms with van der Waals surface area (Å²) < 4.78 is 1.96. The molecule has 0 aliphatic heterocycles. The molecule has 6 nitrogen and oxygen atoms in total. The molecule has 1 heterocycles. The number of aryl methyl sites for hydroxylation is 1. The van der Waals surface area contributed by atoms with Gasteiger partial charge in [0.25, 0.3) is 0 Å². The minimum atomic E-state index is -0.535. The van der Waals surface area contributed by atoms with E-state index in [2.05, 4.69) is 15.6 Å². The van der Waals surface area contributed by atoms with Gasteiger partial charge in [0.05, 0.1) is 17.6 Å². The fourth-order valence-corrected chi connectivity index (χ4v) is 2.38. The van der Waals surface area contributed by atoms with Crippen molar-refractivity contribution in [3.8, 4) is 0 Å². The number of fused-ring (bicyclic) bond motifs is 1. The van der Waals surface area contributed by atoms with E-state index in [-0.39, 0.29) is 17.7 Å². The largest absolute Gasteiger partial charge is 0.347 e. The van der Waals surface area contributed by atoms with Crippen LogP contribution >= 0.6 is 0 Å². The van der Waals surface area contributed by atoms with Crippen molar-refractivity contribution in [1.82, 2.24) is 20.2 Å². The zero-order valence-electron chi connectivity index (χ0n) is 13.4.